The predicted molar refractivity (Wildman–Crippen MR) is 89.7 cm³/mol. The SMILES string of the molecule is O=C(OCc1ccc(-c2cccc(Cl)c2Cl)o1)c1ccc(Br)o1. The van der Waals surface area contributed by atoms with Gasteiger partial charge in [-0.2, -0.15) is 0 Å². The molecule has 0 atom stereocenters. The fourth-order valence-corrected chi connectivity index (χ4v) is 2.63. The van der Waals surface area contributed by atoms with Gasteiger partial charge in [-0.15, -0.1) is 0 Å². The van der Waals surface area contributed by atoms with Crippen molar-refractivity contribution in [1.82, 2.24) is 0 Å². The van der Waals surface area contributed by atoms with Crippen molar-refractivity contribution in [3.05, 3.63) is 68.7 Å². The summed E-state index contributed by atoms with van der Waals surface area (Å²) in [5.74, 6) is 0.565. The number of carbonyl (C=O) groups excluding carboxylic acids is 1. The smallest absolute Gasteiger partial charge is 0.374 e. The van der Waals surface area contributed by atoms with Crippen LogP contribution in [0.25, 0.3) is 11.3 Å². The van der Waals surface area contributed by atoms with E-state index in [0.717, 1.165) is 0 Å². The largest absolute Gasteiger partial charge is 0.457 e. The van der Waals surface area contributed by atoms with Gasteiger partial charge in [0.2, 0.25) is 5.76 Å². The molecule has 3 rings (SSSR count). The molecule has 0 aliphatic carbocycles. The Morgan fingerprint density at radius 3 is 2.65 bits per heavy atom. The first-order valence-electron chi connectivity index (χ1n) is 6.50. The zero-order chi connectivity index (χ0) is 16.4. The lowest BCUT2D eigenvalue weighted by Gasteiger charge is -2.03. The van der Waals surface area contributed by atoms with E-state index in [-0.39, 0.29) is 12.4 Å². The maximum absolute atomic E-state index is 11.8. The third-order valence-corrected chi connectivity index (χ3v) is 4.24. The Labute approximate surface area is 150 Å². The van der Waals surface area contributed by atoms with Crippen molar-refractivity contribution in [2.75, 3.05) is 0 Å². The van der Waals surface area contributed by atoms with E-state index in [4.69, 9.17) is 36.8 Å². The molecule has 0 radical (unpaired) electrons. The van der Waals surface area contributed by atoms with Crippen LogP contribution >= 0.6 is 39.1 Å². The van der Waals surface area contributed by atoms with Crippen LogP contribution in [0.3, 0.4) is 0 Å². The number of rotatable bonds is 4. The summed E-state index contributed by atoms with van der Waals surface area (Å²) >= 11 is 15.3. The zero-order valence-electron chi connectivity index (χ0n) is 11.5. The minimum Gasteiger partial charge on any atom is -0.457 e. The van der Waals surface area contributed by atoms with Crippen LogP contribution in [0, 0.1) is 0 Å². The third-order valence-electron chi connectivity index (χ3n) is 3.00. The van der Waals surface area contributed by atoms with Crippen molar-refractivity contribution in [3.8, 4) is 11.3 Å². The van der Waals surface area contributed by atoms with Gasteiger partial charge in [0.05, 0.1) is 10.0 Å². The first-order valence-corrected chi connectivity index (χ1v) is 8.05. The molecule has 0 saturated carbocycles. The second-order valence-corrected chi connectivity index (χ2v) is 6.11. The van der Waals surface area contributed by atoms with E-state index in [2.05, 4.69) is 15.9 Å². The number of carbonyl (C=O) groups is 1. The highest BCUT2D eigenvalue weighted by Crippen LogP contribution is 2.34. The molecule has 4 nitrogen and oxygen atoms in total. The number of hydrogen-bond acceptors (Lipinski definition) is 4. The molecule has 0 spiro atoms. The van der Waals surface area contributed by atoms with Gasteiger partial charge in [0.25, 0.3) is 0 Å². The highest BCUT2D eigenvalue weighted by atomic mass is 79.9. The molecule has 2 heterocycles. The Kier molecular flexibility index (Phi) is 4.80. The first kappa shape index (κ1) is 16.2. The number of halogens is 3. The topological polar surface area (TPSA) is 52.6 Å². The second kappa shape index (κ2) is 6.83. The van der Waals surface area contributed by atoms with Gasteiger partial charge in [-0.25, -0.2) is 4.79 Å². The van der Waals surface area contributed by atoms with E-state index >= 15 is 0 Å². The summed E-state index contributed by atoms with van der Waals surface area (Å²) in [4.78, 5) is 11.8. The maximum atomic E-state index is 11.8. The number of furan rings is 2. The molecule has 0 saturated heterocycles. The summed E-state index contributed by atoms with van der Waals surface area (Å²) in [6.45, 7) is -0.0185. The van der Waals surface area contributed by atoms with Gasteiger partial charge in [-0.05, 0) is 52.3 Å². The first-order chi connectivity index (χ1) is 11.0. The van der Waals surface area contributed by atoms with Gasteiger partial charge in [-0.3, -0.25) is 0 Å². The molecule has 3 aromatic rings. The van der Waals surface area contributed by atoms with Gasteiger partial charge in [0.15, 0.2) is 4.67 Å². The lowest BCUT2D eigenvalue weighted by molar-refractivity contribution is 0.0408. The van der Waals surface area contributed by atoms with Crippen LogP contribution in [-0.4, -0.2) is 5.97 Å². The number of ether oxygens (including phenoxy) is 1. The van der Waals surface area contributed by atoms with E-state index in [0.29, 0.717) is 31.8 Å². The fourth-order valence-electron chi connectivity index (χ4n) is 1.93. The zero-order valence-corrected chi connectivity index (χ0v) is 14.6. The number of esters is 1. The Morgan fingerprint density at radius 2 is 1.91 bits per heavy atom. The summed E-state index contributed by atoms with van der Waals surface area (Å²) in [6.07, 6.45) is 0. The van der Waals surface area contributed by atoms with E-state index in [9.17, 15) is 4.79 Å². The molecule has 0 amide bonds. The molecule has 0 fully saturated rings. The molecule has 0 aliphatic heterocycles. The summed E-state index contributed by atoms with van der Waals surface area (Å²) in [5, 5.41) is 0.851. The molecule has 7 heteroatoms. The standard InChI is InChI=1S/C16H9BrCl2O4/c17-14-7-6-13(23-14)16(20)21-8-9-4-5-12(22-9)10-2-1-3-11(18)15(10)19/h1-7H,8H2. The van der Waals surface area contributed by atoms with Crippen molar-refractivity contribution in [1.29, 1.82) is 0 Å². The summed E-state index contributed by atoms with van der Waals surface area (Å²) in [7, 11) is 0. The molecule has 0 unspecified atom stereocenters. The van der Waals surface area contributed by atoms with Crippen molar-refractivity contribution in [3.63, 3.8) is 0 Å². The van der Waals surface area contributed by atoms with Crippen molar-refractivity contribution in [2.24, 2.45) is 0 Å². The second-order valence-electron chi connectivity index (χ2n) is 4.55. The van der Waals surface area contributed by atoms with E-state index in [1.807, 2.05) is 0 Å². The predicted octanol–water partition coefficient (Wildman–Crippen LogP) is 5.97. The number of benzene rings is 1. The minimum absolute atomic E-state index is 0.0185. The fraction of sp³-hybridized carbons (Fsp3) is 0.0625. The van der Waals surface area contributed by atoms with Crippen LogP contribution in [0.2, 0.25) is 10.0 Å². The minimum atomic E-state index is -0.575. The highest BCUT2D eigenvalue weighted by Gasteiger charge is 2.15. The highest BCUT2D eigenvalue weighted by molar-refractivity contribution is 9.10. The van der Waals surface area contributed by atoms with Crippen LogP contribution in [0.1, 0.15) is 16.3 Å². The van der Waals surface area contributed by atoms with E-state index < -0.39 is 5.97 Å². The number of hydrogen-bond donors (Lipinski definition) is 0. The Hall–Kier alpha value is -1.69. The van der Waals surface area contributed by atoms with E-state index in [1.165, 1.54) is 6.07 Å². The molecule has 0 N–H and O–H groups in total. The molecular weight excluding hydrogens is 407 g/mol. The Balaban J connectivity index is 1.70. The molecular formula is C16H9BrCl2O4. The summed E-state index contributed by atoms with van der Waals surface area (Å²) in [6, 6.07) is 11.8. The Morgan fingerprint density at radius 1 is 1.09 bits per heavy atom. The van der Waals surface area contributed by atoms with Crippen LogP contribution < -0.4 is 0 Å². The van der Waals surface area contributed by atoms with Gasteiger partial charge in [0.1, 0.15) is 18.1 Å². The molecule has 118 valence electrons. The quantitative estimate of drug-likeness (QED) is 0.493. The molecule has 1 aromatic carbocycles. The molecule has 23 heavy (non-hydrogen) atoms. The third kappa shape index (κ3) is 3.63. The van der Waals surface area contributed by atoms with Gasteiger partial charge >= 0.3 is 5.97 Å². The van der Waals surface area contributed by atoms with E-state index in [1.54, 1.807) is 36.4 Å². The lowest BCUT2D eigenvalue weighted by atomic mass is 10.2. The normalized spacial score (nSPS) is 10.7. The molecule has 0 aliphatic rings. The molecule has 0 bridgehead atoms. The molecule has 2 aromatic heterocycles. The summed E-state index contributed by atoms with van der Waals surface area (Å²) in [5.41, 5.74) is 0.673. The van der Waals surface area contributed by atoms with Crippen LogP contribution in [0.4, 0.5) is 0 Å². The monoisotopic (exact) mass is 414 g/mol. The average Bonchev–Trinajstić information content (AvgIpc) is 3.17. The lowest BCUT2D eigenvalue weighted by Crippen LogP contribution is -2.03. The van der Waals surface area contributed by atoms with Gasteiger partial charge < -0.3 is 13.6 Å². The van der Waals surface area contributed by atoms with Gasteiger partial charge in [-0.1, -0.05) is 29.3 Å². The van der Waals surface area contributed by atoms with Crippen molar-refractivity contribution in [2.45, 2.75) is 6.61 Å². The van der Waals surface area contributed by atoms with Gasteiger partial charge in [0, 0.05) is 5.56 Å². The Bertz CT molecular complexity index is 853. The summed E-state index contributed by atoms with van der Waals surface area (Å²) < 4.78 is 16.3. The van der Waals surface area contributed by atoms with Crippen LogP contribution in [-0.2, 0) is 11.3 Å². The van der Waals surface area contributed by atoms with Crippen LogP contribution in [0.5, 0.6) is 0 Å². The van der Waals surface area contributed by atoms with Crippen molar-refractivity contribution < 1.29 is 18.4 Å². The maximum Gasteiger partial charge on any atom is 0.374 e. The average molecular weight is 416 g/mol. The van der Waals surface area contributed by atoms with Crippen LogP contribution in [0.15, 0.2) is 56.0 Å². The van der Waals surface area contributed by atoms with Crippen molar-refractivity contribution >= 4 is 45.1 Å².